The maximum atomic E-state index is 12.0. The summed E-state index contributed by atoms with van der Waals surface area (Å²) in [5, 5.41) is 13.8. The predicted octanol–water partition coefficient (Wildman–Crippen LogP) is 1.73. The van der Waals surface area contributed by atoms with E-state index in [0.29, 0.717) is 31.0 Å². The van der Waals surface area contributed by atoms with Gasteiger partial charge in [0.25, 0.3) is 5.91 Å². The lowest BCUT2D eigenvalue weighted by atomic mass is 10.1. The van der Waals surface area contributed by atoms with Crippen molar-refractivity contribution in [3.8, 4) is 5.75 Å². The molecule has 1 amide bonds. The molecule has 1 aromatic carbocycles. The summed E-state index contributed by atoms with van der Waals surface area (Å²) >= 11 is 1.39. The fourth-order valence-corrected chi connectivity index (χ4v) is 2.66. The number of nitrogens with zero attached hydrogens (tertiary/aromatic N) is 1. The normalized spacial score (nSPS) is 10.4. The number of aromatic nitrogens is 1. The number of carbonyl (C=O) groups is 2. The summed E-state index contributed by atoms with van der Waals surface area (Å²) in [7, 11) is 1.58. The van der Waals surface area contributed by atoms with Gasteiger partial charge in [-0.05, 0) is 24.1 Å². The lowest BCUT2D eigenvalue weighted by Crippen LogP contribution is -2.26. The first kappa shape index (κ1) is 17.9. The van der Waals surface area contributed by atoms with Gasteiger partial charge < -0.3 is 19.9 Å². The highest BCUT2D eigenvalue weighted by atomic mass is 32.1. The number of aliphatic carboxylic acids is 1. The first-order chi connectivity index (χ1) is 11.6. The Bertz CT molecular complexity index is 684. The van der Waals surface area contributed by atoms with E-state index in [2.05, 4.69) is 10.3 Å². The minimum Gasteiger partial charge on any atom is -0.482 e. The van der Waals surface area contributed by atoms with Crippen LogP contribution in [0.25, 0.3) is 0 Å². The van der Waals surface area contributed by atoms with Crippen molar-refractivity contribution < 1.29 is 24.2 Å². The van der Waals surface area contributed by atoms with Crippen LogP contribution in [0.15, 0.2) is 29.6 Å². The number of ether oxygens (including phenoxy) is 2. The van der Waals surface area contributed by atoms with Crippen LogP contribution < -0.4 is 10.1 Å². The molecule has 24 heavy (non-hydrogen) atoms. The molecule has 0 saturated heterocycles. The van der Waals surface area contributed by atoms with Crippen molar-refractivity contribution in [3.63, 3.8) is 0 Å². The molecule has 0 aliphatic carbocycles. The first-order valence-electron chi connectivity index (χ1n) is 7.23. The summed E-state index contributed by atoms with van der Waals surface area (Å²) in [5.41, 5.74) is 1.40. The summed E-state index contributed by atoms with van der Waals surface area (Å²) in [4.78, 5) is 26.6. The number of carbonyl (C=O) groups excluding carboxylic acids is 1. The largest absolute Gasteiger partial charge is 0.482 e. The highest BCUT2D eigenvalue weighted by Crippen LogP contribution is 2.13. The van der Waals surface area contributed by atoms with Gasteiger partial charge in [0.2, 0.25) is 0 Å². The fourth-order valence-electron chi connectivity index (χ4n) is 1.91. The van der Waals surface area contributed by atoms with Crippen molar-refractivity contribution >= 4 is 23.2 Å². The Hall–Kier alpha value is -2.45. The van der Waals surface area contributed by atoms with Crippen LogP contribution in [0, 0.1) is 0 Å². The number of carboxylic acids is 1. The molecule has 0 fully saturated rings. The number of rotatable bonds is 9. The van der Waals surface area contributed by atoms with Crippen LogP contribution in [-0.2, 0) is 22.6 Å². The van der Waals surface area contributed by atoms with E-state index in [9.17, 15) is 9.59 Å². The van der Waals surface area contributed by atoms with Gasteiger partial charge in [0.15, 0.2) is 6.61 Å². The Labute approximate surface area is 143 Å². The number of amides is 1. The molecule has 0 saturated carbocycles. The van der Waals surface area contributed by atoms with Crippen molar-refractivity contribution in [1.29, 1.82) is 0 Å². The van der Waals surface area contributed by atoms with Crippen molar-refractivity contribution in [1.82, 2.24) is 10.3 Å². The standard InChI is InChI=1S/C16H18N2O5S/c1-22-8-14-18-13(10-24-14)16(21)17-7-6-11-2-4-12(5-3-11)23-9-15(19)20/h2-5,10H,6-9H2,1H3,(H,17,21)(H,19,20). The van der Waals surface area contributed by atoms with E-state index in [4.69, 9.17) is 14.6 Å². The number of nitrogens with one attached hydrogen (secondary N) is 1. The number of benzene rings is 1. The Morgan fingerprint density at radius 1 is 1.29 bits per heavy atom. The second-order valence-electron chi connectivity index (χ2n) is 4.89. The van der Waals surface area contributed by atoms with E-state index in [1.807, 2.05) is 12.1 Å². The maximum Gasteiger partial charge on any atom is 0.341 e. The molecule has 8 heteroatoms. The van der Waals surface area contributed by atoms with Gasteiger partial charge in [-0.3, -0.25) is 4.79 Å². The SMILES string of the molecule is COCc1nc(C(=O)NCCc2ccc(OCC(=O)O)cc2)cs1. The molecule has 0 spiro atoms. The fraction of sp³-hybridized carbons (Fsp3) is 0.312. The zero-order valence-electron chi connectivity index (χ0n) is 13.2. The zero-order valence-corrected chi connectivity index (χ0v) is 14.0. The molecule has 0 aliphatic heterocycles. The van der Waals surface area contributed by atoms with E-state index in [0.717, 1.165) is 10.6 Å². The molecule has 1 heterocycles. The molecule has 0 radical (unpaired) electrons. The summed E-state index contributed by atoms with van der Waals surface area (Å²) < 4.78 is 10.0. The van der Waals surface area contributed by atoms with E-state index in [1.165, 1.54) is 11.3 Å². The molecule has 0 aliphatic rings. The third kappa shape index (κ3) is 5.64. The van der Waals surface area contributed by atoms with Crippen molar-refractivity contribution in [2.45, 2.75) is 13.0 Å². The average Bonchev–Trinajstić information content (AvgIpc) is 3.03. The summed E-state index contributed by atoms with van der Waals surface area (Å²) in [6.07, 6.45) is 0.653. The molecule has 7 nitrogen and oxygen atoms in total. The monoisotopic (exact) mass is 350 g/mol. The molecular weight excluding hydrogens is 332 g/mol. The van der Waals surface area contributed by atoms with Crippen LogP contribution in [0.1, 0.15) is 21.1 Å². The predicted molar refractivity (Wildman–Crippen MR) is 88.4 cm³/mol. The Morgan fingerprint density at radius 2 is 2.04 bits per heavy atom. The lowest BCUT2D eigenvalue weighted by molar-refractivity contribution is -0.139. The number of hydrogen-bond donors (Lipinski definition) is 2. The summed E-state index contributed by atoms with van der Waals surface area (Å²) in [6, 6.07) is 7.08. The van der Waals surface area contributed by atoms with Crippen LogP contribution in [0.4, 0.5) is 0 Å². The molecule has 128 valence electrons. The first-order valence-corrected chi connectivity index (χ1v) is 8.11. The highest BCUT2D eigenvalue weighted by Gasteiger charge is 2.10. The van der Waals surface area contributed by atoms with E-state index < -0.39 is 5.97 Å². The van der Waals surface area contributed by atoms with Gasteiger partial charge in [-0.1, -0.05) is 12.1 Å². The molecule has 1 aromatic heterocycles. The quantitative estimate of drug-likeness (QED) is 0.715. The third-order valence-corrected chi connectivity index (χ3v) is 3.86. The Balaban J connectivity index is 1.76. The van der Waals surface area contributed by atoms with Crippen molar-refractivity contribution in [2.75, 3.05) is 20.3 Å². The van der Waals surface area contributed by atoms with Crippen LogP contribution in [-0.4, -0.2) is 42.2 Å². The van der Waals surface area contributed by atoms with Gasteiger partial charge >= 0.3 is 5.97 Å². The topological polar surface area (TPSA) is 97.8 Å². The molecule has 0 bridgehead atoms. The van der Waals surface area contributed by atoms with Crippen LogP contribution in [0.5, 0.6) is 5.75 Å². The number of carboxylic acid groups (broad SMARTS) is 1. The zero-order chi connectivity index (χ0) is 17.4. The van der Waals surface area contributed by atoms with E-state index in [-0.39, 0.29) is 12.5 Å². The van der Waals surface area contributed by atoms with E-state index >= 15 is 0 Å². The van der Waals surface area contributed by atoms with Gasteiger partial charge in [-0.25, -0.2) is 9.78 Å². The minimum atomic E-state index is -1.02. The Kier molecular flexibility index (Phi) is 6.71. The number of methoxy groups -OCH3 is 1. The Morgan fingerprint density at radius 3 is 2.71 bits per heavy atom. The average molecular weight is 350 g/mol. The summed E-state index contributed by atoms with van der Waals surface area (Å²) in [6.45, 7) is 0.508. The summed E-state index contributed by atoms with van der Waals surface area (Å²) in [5.74, 6) is -0.731. The molecule has 2 aromatic rings. The smallest absolute Gasteiger partial charge is 0.341 e. The second-order valence-corrected chi connectivity index (χ2v) is 5.83. The molecule has 0 unspecified atom stereocenters. The number of hydrogen-bond acceptors (Lipinski definition) is 6. The van der Waals surface area contributed by atoms with Gasteiger partial charge in [-0.15, -0.1) is 11.3 Å². The number of thiazole rings is 1. The maximum absolute atomic E-state index is 12.0. The minimum absolute atomic E-state index is 0.213. The van der Waals surface area contributed by atoms with Crippen LogP contribution in [0.3, 0.4) is 0 Å². The molecule has 0 atom stereocenters. The van der Waals surface area contributed by atoms with Gasteiger partial charge in [0.05, 0.1) is 6.61 Å². The van der Waals surface area contributed by atoms with Crippen molar-refractivity contribution in [2.24, 2.45) is 0 Å². The van der Waals surface area contributed by atoms with Gasteiger partial charge in [-0.2, -0.15) is 0 Å². The van der Waals surface area contributed by atoms with Crippen molar-refractivity contribution in [3.05, 3.63) is 45.9 Å². The van der Waals surface area contributed by atoms with Gasteiger partial charge in [0.1, 0.15) is 16.5 Å². The molecule has 2 N–H and O–H groups in total. The third-order valence-electron chi connectivity index (χ3n) is 3.04. The van der Waals surface area contributed by atoms with Crippen LogP contribution >= 0.6 is 11.3 Å². The van der Waals surface area contributed by atoms with Crippen LogP contribution in [0.2, 0.25) is 0 Å². The van der Waals surface area contributed by atoms with Gasteiger partial charge in [0, 0.05) is 19.0 Å². The van der Waals surface area contributed by atoms with E-state index in [1.54, 1.807) is 24.6 Å². The second kappa shape index (κ2) is 8.99. The highest BCUT2D eigenvalue weighted by molar-refractivity contribution is 7.09. The molecular formula is C16H18N2O5S. The molecule has 2 rings (SSSR count). The lowest BCUT2D eigenvalue weighted by Gasteiger charge is -2.06.